The van der Waals surface area contributed by atoms with Crippen LogP contribution >= 0.6 is 11.3 Å². The molecule has 14 nitrogen and oxygen atoms in total. The lowest BCUT2D eigenvalue weighted by Gasteiger charge is -2.35. The van der Waals surface area contributed by atoms with Gasteiger partial charge in [-0.2, -0.15) is 0 Å². The quantitative estimate of drug-likeness (QED) is 0.0700. The van der Waals surface area contributed by atoms with E-state index in [1.54, 1.807) is 29.8 Å². The molecule has 0 radical (unpaired) electrons. The van der Waals surface area contributed by atoms with E-state index in [4.69, 9.17) is 19.6 Å². The van der Waals surface area contributed by atoms with Crippen LogP contribution in [0.1, 0.15) is 75.9 Å². The summed E-state index contributed by atoms with van der Waals surface area (Å²) < 4.78 is 17.3. The number of benzene rings is 2. The Balaban J connectivity index is 0.920. The molecule has 1 aliphatic heterocycles. The standard InChI is InChI=1S/C45H54N6O8S/c1-28(29-11-13-30(14-12-29)38-23-33(46)27-60-38)48-43(55)35-24-34(52)26-51(35)44(56)42(45(2,3)4)50-40(54)16-19-58-21-20-57-18-15-39(53)49-41(32-9-7-17-47-25-32)37-22-31-8-5-6-10-36(31)59-37/h5-14,17,22-23,25,27-28,34-35,41-42,52H,15-16,18-21,24,26,46H2,1-4H3,(H,48,55)(H,49,53)(H,50,54)/t28-,34-,35+,41?,42-/m1/s1. The summed E-state index contributed by atoms with van der Waals surface area (Å²) in [6, 6.07) is 20.2. The number of nitrogens with one attached hydrogen (secondary N) is 3. The van der Waals surface area contributed by atoms with E-state index in [2.05, 4.69) is 20.9 Å². The van der Waals surface area contributed by atoms with Crippen LogP contribution in [-0.4, -0.2) is 89.8 Å². The largest absolute Gasteiger partial charge is 0.459 e. The lowest BCUT2D eigenvalue weighted by molar-refractivity contribution is -0.144. The average molecular weight is 839 g/mol. The Morgan fingerprint density at radius 3 is 2.25 bits per heavy atom. The van der Waals surface area contributed by atoms with Gasteiger partial charge in [0.05, 0.1) is 38.6 Å². The maximum absolute atomic E-state index is 14.0. The number of nitrogen functional groups attached to an aromatic ring is 1. The number of thiophene rings is 1. The van der Waals surface area contributed by atoms with Crippen molar-refractivity contribution in [3.8, 4) is 10.4 Å². The van der Waals surface area contributed by atoms with Gasteiger partial charge in [-0.25, -0.2) is 0 Å². The van der Waals surface area contributed by atoms with Crippen molar-refractivity contribution in [2.75, 3.05) is 38.7 Å². The molecule has 0 spiro atoms. The fourth-order valence-electron chi connectivity index (χ4n) is 7.08. The van der Waals surface area contributed by atoms with Crippen molar-refractivity contribution in [2.24, 2.45) is 5.41 Å². The second kappa shape index (κ2) is 20.1. The van der Waals surface area contributed by atoms with E-state index in [9.17, 15) is 24.3 Å². The number of aromatic nitrogens is 1. The van der Waals surface area contributed by atoms with Gasteiger partial charge in [-0.3, -0.25) is 24.2 Å². The Morgan fingerprint density at radius 1 is 0.917 bits per heavy atom. The number of amides is 4. The van der Waals surface area contributed by atoms with Crippen LogP contribution in [0.25, 0.3) is 21.4 Å². The van der Waals surface area contributed by atoms with Gasteiger partial charge >= 0.3 is 0 Å². The highest BCUT2D eigenvalue weighted by Crippen LogP contribution is 2.31. The molecule has 6 N–H and O–H groups in total. The molecule has 0 saturated carbocycles. The number of likely N-dealkylation sites (tertiary alicyclic amines) is 1. The molecule has 318 valence electrons. The molecule has 4 heterocycles. The van der Waals surface area contributed by atoms with E-state index in [1.165, 1.54) is 4.90 Å². The highest BCUT2D eigenvalue weighted by atomic mass is 32.1. The van der Waals surface area contributed by atoms with Crippen molar-refractivity contribution < 1.29 is 38.2 Å². The number of para-hydroxylation sites is 1. The summed E-state index contributed by atoms with van der Waals surface area (Å²) in [5, 5.41) is 22.3. The maximum Gasteiger partial charge on any atom is 0.246 e. The molecule has 5 aromatic rings. The summed E-state index contributed by atoms with van der Waals surface area (Å²) in [4.78, 5) is 60.2. The first-order valence-corrected chi connectivity index (χ1v) is 21.0. The third kappa shape index (κ3) is 11.6. The van der Waals surface area contributed by atoms with Gasteiger partial charge in [0.25, 0.3) is 0 Å². The average Bonchev–Trinajstić information content (AvgIpc) is 3.97. The molecule has 1 fully saturated rings. The van der Waals surface area contributed by atoms with Crippen molar-refractivity contribution in [1.82, 2.24) is 25.8 Å². The smallest absolute Gasteiger partial charge is 0.246 e. The Hall–Kier alpha value is -5.61. The minimum absolute atomic E-state index is 0.0114. The van der Waals surface area contributed by atoms with Crippen molar-refractivity contribution >= 4 is 51.6 Å². The van der Waals surface area contributed by atoms with Crippen LogP contribution in [-0.2, 0) is 28.7 Å². The number of carbonyl (C=O) groups excluding carboxylic acids is 4. The van der Waals surface area contributed by atoms with Gasteiger partial charge in [0.15, 0.2) is 0 Å². The molecule has 5 atom stereocenters. The SMILES string of the molecule is C[C@@H](NC(=O)[C@@H]1C[C@@H](O)CN1C(=O)[C@@H](NC(=O)CCOCCOCCC(=O)NC(c1cccnc1)c1cc2ccccc2o1)C(C)(C)C)c1ccc(-c2cc(N)cs2)cc1. The van der Waals surface area contributed by atoms with Crippen molar-refractivity contribution in [3.63, 3.8) is 0 Å². The molecule has 1 unspecified atom stereocenters. The minimum atomic E-state index is -0.957. The zero-order chi connectivity index (χ0) is 42.8. The molecule has 60 heavy (non-hydrogen) atoms. The zero-order valence-electron chi connectivity index (χ0n) is 34.4. The van der Waals surface area contributed by atoms with Crippen molar-refractivity contribution in [2.45, 2.75) is 77.2 Å². The van der Waals surface area contributed by atoms with Crippen molar-refractivity contribution in [1.29, 1.82) is 0 Å². The Bertz CT molecular complexity index is 2190. The van der Waals surface area contributed by atoms with Crippen LogP contribution in [0, 0.1) is 5.41 Å². The normalized spacial score (nSPS) is 16.9. The molecule has 0 aliphatic carbocycles. The number of rotatable bonds is 18. The minimum Gasteiger partial charge on any atom is -0.459 e. The molecule has 2 aromatic carbocycles. The molecular weight excluding hydrogens is 785 g/mol. The molecule has 1 aliphatic rings. The van der Waals surface area contributed by atoms with Crippen LogP contribution in [0.15, 0.2) is 95.0 Å². The predicted octanol–water partition coefficient (Wildman–Crippen LogP) is 5.53. The van der Waals surface area contributed by atoms with Gasteiger partial charge in [0.1, 0.15) is 29.5 Å². The number of carbonyl (C=O) groups is 4. The number of anilines is 1. The Labute approximate surface area is 353 Å². The van der Waals surface area contributed by atoms with Gasteiger partial charge < -0.3 is 45.6 Å². The zero-order valence-corrected chi connectivity index (χ0v) is 35.2. The number of hydrogen-bond acceptors (Lipinski definition) is 11. The van der Waals surface area contributed by atoms with Crippen LogP contribution in [0.4, 0.5) is 5.69 Å². The summed E-state index contributed by atoms with van der Waals surface area (Å²) in [6.07, 6.45) is 2.66. The van der Waals surface area contributed by atoms with Crippen LogP contribution < -0.4 is 21.7 Å². The van der Waals surface area contributed by atoms with Crippen LogP contribution in [0.5, 0.6) is 0 Å². The maximum atomic E-state index is 14.0. The first kappa shape index (κ1) is 44.0. The second-order valence-corrected chi connectivity index (χ2v) is 17.0. The number of pyridine rings is 1. The van der Waals surface area contributed by atoms with E-state index in [1.807, 2.05) is 99.8 Å². The van der Waals surface area contributed by atoms with E-state index in [0.29, 0.717) is 11.4 Å². The van der Waals surface area contributed by atoms with Gasteiger partial charge in [-0.1, -0.05) is 69.3 Å². The molecule has 15 heteroatoms. The fourth-order valence-corrected chi connectivity index (χ4v) is 7.89. The number of β-amino-alcohol motifs (C(OH)–C–C–N with tert-alkyl or cyclic N) is 1. The van der Waals surface area contributed by atoms with E-state index in [-0.39, 0.29) is 70.1 Å². The van der Waals surface area contributed by atoms with Gasteiger partial charge in [0, 0.05) is 65.1 Å². The van der Waals surface area contributed by atoms with Crippen LogP contribution in [0.2, 0.25) is 0 Å². The molecular formula is C45H54N6O8S. The van der Waals surface area contributed by atoms with Crippen molar-refractivity contribution in [3.05, 3.63) is 107 Å². The first-order chi connectivity index (χ1) is 28.8. The van der Waals surface area contributed by atoms with Gasteiger partial charge in [0.2, 0.25) is 23.6 Å². The molecule has 3 aromatic heterocycles. The van der Waals surface area contributed by atoms with E-state index < -0.39 is 41.5 Å². The number of aliphatic hydroxyl groups excluding tert-OH is 1. The number of nitrogens with two attached hydrogens (primary N) is 1. The molecule has 1 saturated heterocycles. The molecule has 0 bridgehead atoms. The molecule has 4 amide bonds. The summed E-state index contributed by atoms with van der Waals surface area (Å²) in [5.74, 6) is -0.841. The molecule has 6 rings (SSSR count). The van der Waals surface area contributed by atoms with Crippen LogP contribution in [0.3, 0.4) is 0 Å². The lowest BCUT2D eigenvalue weighted by Crippen LogP contribution is -2.58. The third-order valence-electron chi connectivity index (χ3n) is 10.3. The number of aliphatic hydroxyl groups is 1. The fraction of sp³-hybridized carbons (Fsp3) is 0.400. The lowest BCUT2D eigenvalue weighted by atomic mass is 9.85. The first-order valence-electron chi connectivity index (χ1n) is 20.1. The van der Waals surface area contributed by atoms with Gasteiger partial charge in [-0.05, 0) is 47.7 Å². The third-order valence-corrected chi connectivity index (χ3v) is 11.3. The highest BCUT2D eigenvalue weighted by Gasteiger charge is 2.44. The number of ether oxygens (including phenoxy) is 2. The summed E-state index contributed by atoms with van der Waals surface area (Å²) in [6.45, 7) is 7.99. The van der Waals surface area contributed by atoms with Gasteiger partial charge in [-0.15, -0.1) is 11.3 Å². The number of hydrogen-bond donors (Lipinski definition) is 5. The number of nitrogens with zero attached hydrogens (tertiary/aromatic N) is 2. The number of fused-ring (bicyclic) bond motifs is 1. The highest BCUT2D eigenvalue weighted by molar-refractivity contribution is 7.14. The monoisotopic (exact) mass is 838 g/mol. The number of furan rings is 1. The Morgan fingerprint density at radius 2 is 1.62 bits per heavy atom. The summed E-state index contributed by atoms with van der Waals surface area (Å²) >= 11 is 1.56. The summed E-state index contributed by atoms with van der Waals surface area (Å²) in [7, 11) is 0. The Kier molecular flexibility index (Phi) is 14.7. The predicted molar refractivity (Wildman–Crippen MR) is 230 cm³/mol. The van der Waals surface area contributed by atoms with E-state index >= 15 is 0 Å². The van der Waals surface area contributed by atoms with E-state index in [0.717, 1.165) is 32.5 Å². The summed E-state index contributed by atoms with van der Waals surface area (Å²) in [5.41, 5.74) is 9.30. The topological polar surface area (TPSA) is 198 Å². The second-order valence-electron chi connectivity index (χ2n) is 16.1.